The Morgan fingerprint density at radius 2 is 2.28 bits per heavy atom. The van der Waals surface area contributed by atoms with Gasteiger partial charge in [-0.1, -0.05) is 36.9 Å². The second-order valence-corrected chi connectivity index (χ2v) is 6.84. The van der Waals surface area contributed by atoms with E-state index in [1.165, 1.54) is 23.1 Å². The van der Waals surface area contributed by atoms with Gasteiger partial charge in [0.1, 0.15) is 11.0 Å². The summed E-state index contributed by atoms with van der Waals surface area (Å²) in [7, 11) is 0. The molecule has 1 amide bonds. The van der Waals surface area contributed by atoms with Crippen LogP contribution in [0.25, 0.3) is 0 Å². The molecule has 1 aromatic heterocycles. The van der Waals surface area contributed by atoms with Crippen LogP contribution in [0.3, 0.4) is 0 Å². The lowest BCUT2D eigenvalue weighted by Crippen LogP contribution is -2.51. The summed E-state index contributed by atoms with van der Waals surface area (Å²) in [4.78, 5) is 12.0. The molecule has 0 aromatic carbocycles. The fourth-order valence-corrected chi connectivity index (χ4v) is 2.70. The molecule has 0 aliphatic rings. The van der Waals surface area contributed by atoms with Crippen LogP contribution < -0.4 is 5.32 Å². The number of carbonyl (C=O) groups is 1. The van der Waals surface area contributed by atoms with Gasteiger partial charge in [-0.25, -0.2) is 0 Å². The second kappa shape index (κ2) is 6.16. The molecule has 1 heterocycles. The number of hydrogen-bond donors (Lipinski definition) is 1. The Labute approximate surface area is 115 Å². The number of nitrogens with one attached hydrogen (secondary N) is 1. The van der Waals surface area contributed by atoms with Crippen LogP contribution in [0.1, 0.15) is 27.7 Å². The van der Waals surface area contributed by atoms with E-state index in [1.807, 2.05) is 13.8 Å². The molecular weight excluding hydrogens is 268 g/mol. The van der Waals surface area contributed by atoms with Crippen molar-refractivity contribution in [2.75, 3.05) is 0 Å². The standard InChI is InChI=1S/C11H16N4OS2/c1-7(2)11(4,5-12)14-9(16)8(3)18-10-15-13-6-17-10/h6-8H,1-4H3,(H,14,16)/t8-,11+/m1/s1. The summed E-state index contributed by atoms with van der Waals surface area (Å²) >= 11 is 2.74. The lowest BCUT2D eigenvalue weighted by Gasteiger charge is -2.28. The monoisotopic (exact) mass is 284 g/mol. The molecule has 0 aliphatic heterocycles. The third kappa shape index (κ3) is 3.68. The van der Waals surface area contributed by atoms with Crippen molar-refractivity contribution >= 4 is 29.0 Å². The van der Waals surface area contributed by atoms with Gasteiger partial charge in [0.25, 0.3) is 0 Å². The zero-order valence-corrected chi connectivity index (χ0v) is 12.4. The van der Waals surface area contributed by atoms with Crippen LogP contribution in [-0.2, 0) is 4.79 Å². The number of aromatic nitrogens is 2. The van der Waals surface area contributed by atoms with E-state index in [4.69, 9.17) is 5.26 Å². The minimum Gasteiger partial charge on any atom is -0.337 e. The highest BCUT2D eigenvalue weighted by Crippen LogP contribution is 2.25. The average Bonchev–Trinajstić information content (AvgIpc) is 2.81. The lowest BCUT2D eigenvalue weighted by atomic mass is 9.90. The van der Waals surface area contributed by atoms with Crippen molar-refractivity contribution in [3.63, 3.8) is 0 Å². The minimum absolute atomic E-state index is 0.0465. The molecular formula is C11H16N4OS2. The molecule has 0 unspecified atom stereocenters. The molecule has 1 aromatic rings. The van der Waals surface area contributed by atoms with Gasteiger partial charge in [-0.05, 0) is 19.8 Å². The first kappa shape index (κ1) is 14.9. The summed E-state index contributed by atoms with van der Waals surface area (Å²) in [6, 6.07) is 2.16. The van der Waals surface area contributed by atoms with Crippen molar-refractivity contribution in [3.05, 3.63) is 5.51 Å². The number of thioether (sulfide) groups is 1. The maximum Gasteiger partial charge on any atom is 0.234 e. The Hall–Kier alpha value is -1.13. The van der Waals surface area contributed by atoms with Gasteiger partial charge in [-0.15, -0.1) is 10.2 Å². The summed E-state index contributed by atoms with van der Waals surface area (Å²) in [5.41, 5.74) is 0.785. The van der Waals surface area contributed by atoms with E-state index >= 15 is 0 Å². The lowest BCUT2D eigenvalue weighted by molar-refractivity contribution is -0.121. The largest absolute Gasteiger partial charge is 0.337 e. The van der Waals surface area contributed by atoms with Gasteiger partial charge >= 0.3 is 0 Å². The van der Waals surface area contributed by atoms with Gasteiger partial charge in [-0.3, -0.25) is 4.79 Å². The zero-order valence-electron chi connectivity index (χ0n) is 10.8. The van der Waals surface area contributed by atoms with Crippen LogP contribution in [0.4, 0.5) is 0 Å². The molecule has 7 heteroatoms. The highest BCUT2D eigenvalue weighted by Gasteiger charge is 2.31. The Morgan fingerprint density at radius 3 is 2.72 bits per heavy atom. The van der Waals surface area contributed by atoms with Crippen molar-refractivity contribution in [3.8, 4) is 6.07 Å². The van der Waals surface area contributed by atoms with Crippen molar-refractivity contribution in [2.24, 2.45) is 5.92 Å². The SMILES string of the molecule is CC(C)[C@](C)(C#N)NC(=O)[C@@H](C)Sc1nncs1. The molecule has 98 valence electrons. The molecule has 0 aliphatic carbocycles. The van der Waals surface area contributed by atoms with E-state index < -0.39 is 5.54 Å². The molecule has 5 nitrogen and oxygen atoms in total. The summed E-state index contributed by atoms with van der Waals surface area (Å²) in [5.74, 6) is -0.113. The van der Waals surface area contributed by atoms with E-state index in [1.54, 1.807) is 19.4 Å². The van der Waals surface area contributed by atoms with Gasteiger partial charge in [-0.2, -0.15) is 5.26 Å². The average molecular weight is 284 g/mol. The predicted octanol–water partition coefficient (Wildman–Crippen LogP) is 2.07. The van der Waals surface area contributed by atoms with Crippen LogP contribution in [0, 0.1) is 17.2 Å². The quantitative estimate of drug-likeness (QED) is 0.837. The summed E-state index contributed by atoms with van der Waals surface area (Å²) < 4.78 is 0.751. The number of nitriles is 1. The Balaban J connectivity index is 2.63. The highest BCUT2D eigenvalue weighted by atomic mass is 32.2. The first-order valence-corrected chi connectivity index (χ1v) is 7.31. The molecule has 0 saturated heterocycles. The number of rotatable bonds is 5. The predicted molar refractivity (Wildman–Crippen MR) is 72.2 cm³/mol. The van der Waals surface area contributed by atoms with Crippen LogP contribution in [0.2, 0.25) is 0 Å². The fraction of sp³-hybridized carbons (Fsp3) is 0.636. The fourth-order valence-electron chi connectivity index (χ4n) is 1.08. The second-order valence-electron chi connectivity index (χ2n) is 4.42. The molecule has 0 fully saturated rings. The Morgan fingerprint density at radius 1 is 1.61 bits per heavy atom. The van der Waals surface area contributed by atoms with E-state index in [9.17, 15) is 4.79 Å². The molecule has 0 bridgehead atoms. The Bertz CT molecular complexity index is 440. The summed E-state index contributed by atoms with van der Waals surface area (Å²) in [6.07, 6.45) is 0. The van der Waals surface area contributed by atoms with Crippen molar-refractivity contribution < 1.29 is 4.79 Å². The van der Waals surface area contributed by atoms with Gasteiger partial charge < -0.3 is 5.32 Å². The highest BCUT2D eigenvalue weighted by molar-refractivity contribution is 8.02. The number of hydrogen-bond acceptors (Lipinski definition) is 6. The van der Waals surface area contributed by atoms with Crippen LogP contribution in [-0.4, -0.2) is 26.9 Å². The van der Waals surface area contributed by atoms with Crippen molar-refractivity contribution in [1.29, 1.82) is 5.26 Å². The molecule has 18 heavy (non-hydrogen) atoms. The Kier molecular flexibility index (Phi) is 5.11. The van der Waals surface area contributed by atoms with Crippen LogP contribution in [0.5, 0.6) is 0 Å². The van der Waals surface area contributed by atoms with Crippen molar-refractivity contribution in [1.82, 2.24) is 15.5 Å². The first-order valence-electron chi connectivity index (χ1n) is 5.55. The third-order valence-corrected chi connectivity index (χ3v) is 4.67. The minimum atomic E-state index is -0.840. The molecule has 1 rings (SSSR count). The number of nitrogens with zero attached hydrogens (tertiary/aromatic N) is 3. The molecule has 1 N–H and O–H groups in total. The summed E-state index contributed by atoms with van der Waals surface area (Å²) in [5, 5.41) is 19.2. The van der Waals surface area contributed by atoms with Gasteiger partial charge in [0.05, 0.1) is 11.3 Å². The van der Waals surface area contributed by atoms with Crippen LogP contribution in [0.15, 0.2) is 9.85 Å². The maximum absolute atomic E-state index is 12.0. The normalized spacial score (nSPS) is 15.8. The molecule has 0 radical (unpaired) electrons. The summed E-state index contributed by atoms with van der Waals surface area (Å²) in [6.45, 7) is 7.34. The van der Waals surface area contributed by atoms with E-state index in [0.717, 1.165) is 4.34 Å². The zero-order chi connectivity index (χ0) is 13.8. The smallest absolute Gasteiger partial charge is 0.234 e. The first-order chi connectivity index (χ1) is 8.39. The van der Waals surface area contributed by atoms with Crippen molar-refractivity contribution in [2.45, 2.75) is 42.8 Å². The third-order valence-electron chi connectivity index (χ3n) is 2.76. The molecule has 2 atom stereocenters. The van der Waals surface area contributed by atoms with Gasteiger partial charge in [0.2, 0.25) is 5.91 Å². The van der Waals surface area contributed by atoms with E-state index in [2.05, 4.69) is 21.6 Å². The topological polar surface area (TPSA) is 78.7 Å². The maximum atomic E-state index is 12.0. The molecule has 0 spiro atoms. The molecule has 0 saturated carbocycles. The van der Waals surface area contributed by atoms with Gasteiger partial charge in [0, 0.05) is 0 Å². The number of carbonyl (C=O) groups excluding carboxylic acids is 1. The van der Waals surface area contributed by atoms with Gasteiger partial charge in [0.15, 0.2) is 4.34 Å². The van der Waals surface area contributed by atoms with Crippen LogP contribution >= 0.6 is 23.1 Å². The number of amides is 1. The van der Waals surface area contributed by atoms with E-state index in [0.29, 0.717) is 0 Å². The van der Waals surface area contributed by atoms with E-state index in [-0.39, 0.29) is 17.1 Å².